The highest BCUT2D eigenvalue weighted by atomic mass is 16.4. The summed E-state index contributed by atoms with van der Waals surface area (Å²) in [5, 5.41) is 37.2. The third-order valence-corrected chi connectivity index (χ3v) is 10.4. The number of rotatable bonds is 12. The molecule has 4 N–H and O–H groups in total. The first-order valence-electron chi connectivity index (χ1n) is 20.1. The van der Waals surface area contributed by atoms with Crippen molar-refractivity contribution in [2.45, 2.75) is 0 Å². The van der Waals surface area contributed by atoms with E-state index < -0.39 is 23.9 Å². The minimum Gasteiger partial charge on any atom is -0.478 e. The van der Waals surface area contributed by atoms with E-state index in [4.69, 9.17) is 0 Å². The molecule has 8 rings (SSSR count). The summed E-state index contributed by atoms with van der Waals surface area (Å²) in [6, 6.07) is 66.7. The van der Waals surface area contributed by atoms with Crippen LogP contribution in [0, 0.1) is 0 Å². The third-order valence-electron chi connectivity index (χ3n) is 10.4. The monoisotopic (exact) mass is 840 g/mol. The first kappa shape index (κ1) is 43.2. The highest BCUT2D eigenvalue weighted by Crippen LogP contribution is 2.38. The van der Waals surface area contributed by atoms with Crippen molar-refractivity contribution in [2.75, 3.05) is 0 Å². The molecule has 0 bridgehead atoms. The van der Waals surface area contributed by atoms with Crippen molar-refractivity contribution in [3.63, 3.8) is 0 Å². The van der Waals surface area contributed by atoms with E-state index in [2.05, 4.69) is 0 Å². The molecular weight excluding hydrogens is 801 g/mol. The van der Waals surface area contributed by atoms with Gasteiger partial charge in [0, 0.05) is 0 Å². The van der Waals surface area contributed by atoms with E-state index in [0.29, 0.717) is 0 Å². The fraction of sp³-hybridized carbons (Fsp3) is 0. The van der Waals surface area contributed by atoms with Crippen molar-refractivity contribution in [2.24, 2.45) is 0 Å². The molecular formula is C56H40O8. The zero-order valence-corrected chi connectivity index (χ0v) is 34.2. The van der Waals surface area contributed by atoms with Crippen molar-refractivity contribution in [3.05, 3.63) is 285 Å². The lowest BCUT2D eigenvalue weighted by Gasteiger charge is -2.18. The Hall–Kier alpha value is -8.88. The van der Waals surface area contributed by atoms with Crippen LogP contribution >= 0.6 is 0 Å². The molecule has 0 unspecified atom stereocenters. The fourth-order valence-electron chi connectivity index (χ4n) is 7.36. The van der Waals surface area contributed by atoms with Gasteiger partial charge in [-0.15, -0.1) is 0 Å². The quantitative estimate of drug-likeness (QED) is 0.0888. The van der Waals surface area contributed by atoms with Crippen LogP contribution in [-0.4, -0.2) is 44.3 Å². The number of carbonyl (C=O) groups is 4. The Morgan fingerprint density at radius 2 is 0.312 bits per heavy atom. The Morgan fingerprint density at radius 3 is 0.453 bits per heavy atom. The van der Waals surface area contributed by atoms with Crippen LogP contribution in [0.25, 0.3) is 22.3 Å². The molecule has 64 heavy (non-hydrogen) atoms. The molecule has 0 saturated carbocycles. The molecule has 0 amide bonds. The average Bonchev–Trinajstić information content (AvgIpc) is 3.34. The second-order valence-electron chi connectivity index (χ2n) is 14.5. The molecule has 0 atom stereocenters. The van der Waals surface area contributed by atoms with Gasteiger partial charge in [0.15, 0.2) is 0 Å². The Morgan fingerprint density at radius 1 is 0.188 bits per heavy atom. The average molecular weight is 841 g/mol. The maximum Gasteiger partial charge on any atom is 0.335 e. The zero-order valence-electron chi connectivity index (χ0n) is 34.2. The lowest BCUT2D eigenvalue weighted by molar-refractivity contribution is 0.0686. The predicted molar refractivity (Wildman–Crippen MR) is 249 cm³/mol. The molecule has 0 heterocycles. The minimum atomic E-state index is -0.987. The molecule has 0 aliphatic heterocycles. The number of hydrogen-bond acceptors (Lipinski definition) is 4. The summed E-state index contributed by atoms with van der Waals surface area (Å²) in [6.07, 6.45) is 0. The number of aromatic carboxylic acids is 4. The molecule has 0 fully saturated rings. The van der Waals surface area contributed by atoms with Gasteiger partial charge in [0.1, 0.15) is 0 Å². The molecule has 0 radical (unpaired) electrons. The molecule has 8 nitrogen and oxygen atoms in total. The van der Waals surface area contributed by atoms with Gasteiger partial charge in [-0.2, -0.15) is 0 Å². The van der Waals surface area contributed by atoms with Gasteiger partial charge in [0.05, 0.1) is 22.3 Å². The molecule has 0 aromatic heterocycles. The van der Waals surface area contributed by atoms with Crippen LogP contribution in [0.2, 0.25) is 0 Å². The Labute approximate surface area is 369 Å². The Balaban J connectivity index is 0.000000191. The molecule has 312 valence electrons. The van der Waals surface area contributed by atoms with E-state index in [-0.39, 0.29) is 22.3 Å². The number of hydrogen-bond donors (Lipinski definition) is 4. The molecule has 0 saturated heterocycles. The van der Waals surface area contributed by atoms with Gasteiger partial charge in [-0.05, 0) is 115 Å². The summed E-state index contributed by atoms with van der Waals surface area (Å²) >= 11 is 0. The summed E-state index contributed by atoms with van der Waals surface area (Å²) < 4.78 is 0. The van der Waals surface area contributed by atoms with Gasteiger partial charge < -0.3 is 20.4 Å². The van der Waals surface area contributed by atoms with Crippen LogP contribution in [0.4, 0.5) is 0 Å². The van der Waals surface area contributed by atoms with Crippen LogP contribution in [0.5, 0.6) is 0 Å². The summed E-state index contributed by atoms with van der Waals surface area (Å²) in [5.41, 5.74) is 11.9. The summed E-state index contributed by atoms with van der Waals surface area (Å²) in [7, 11) is 0. The summed E-state index contributed by atoms with van der Waals surface area (Å²) in [5.74, 6) is -3.95. The Kier molecular flexibility index (Phi) is 13.6. The first-order chi connectivity index (χ1) is 31.1. The van der Waals surface area contributed by atoms with Gasteiger partial charge in [-0.3, -0.25) is 0 Å². The van der Waals surface area contributed by atoms with Crippen molar-refractivity contribution in [3.8, 4) is 0 Å². The van der Waals surface area contributed by atoms with E-state index in [9.17, 15) is 39.6 Å². The second-order valence-corrected chi connectivity index (χ2v) is 14.5. The molecule has 0 aliphatic carbocycles. The molecule has 8 aromatic rings. The van der Waals surface area contributed by atoms with Crippen LogP contribution in [0.1, 0.15) is 85.9 Å². The fourth-order valence-corrected chi connectivity index (χ4v) is 7.36. The SMILES string of the molecule is O=C(O)c1ccc(C(=C(c2ccccc2)c2ccccc2)c2ccc(C(=O)O)cc2)cc1.O=C(O)c1ccc(C(=C(c2ccccc2)c2ccccc2)c2ccc(C(=O)O)cc2)cc1. The van der Waals surface area contributed by atoms with Crippen LogP contribution < -0.4 is 0 Å². The predicted octanol–water partition coefficient (Wildman–Crippen LogP) is 12.2. The van der Waals surface area contributed by atoms with Crippen LogP contribution in [0.3, 0.4) is 0 Å². The molecule has 8 heteroatoms. The number of carboxylic acids is 4. The van der Waals surface area contributed by atoms with Gasteiger partial charge in [0.2, 0.25) is 0 Å². The topological polar surface area (TPSA) is 149 Å². The lowest BCUT2D eigenvalue weighted by Crippen LogP contribution is -2.01. The van der Waals surface area contributed by atoms with E-state index >= 15 is 0 Å². The van der Waals surface area contributed by atoms with Gasteiger partial charge in [0.25, 0.3) is 0 Å². The molecule has 0 spiro atoms. The maximum atomic E-state index is 11.4. The maximum absolute atomic E-state index is 11.4. The number of carboxylic acid groups (broad SMARTS) is 4. The first-order valence-corrected chi connectivity index (χ1v) is 20.1. The molecule has 0 aliphatic rings. The van der Waals surface area contributed by atoms with Crippen LogP contribution in [0.15, 0.2) is 218 Å². The van der Waals surface area contributed by atoms with Crippen molar-refractivity contribution >= 4 is 46.2 Å². The zero-order chi connectivity index (χ0) is 45.0. The molecule has 8 aromatic carbocycles. The normalized spacial score (nSPS) is 10.4. The summed E-state index contributed by atoms with van der Waals surface area (Å²) in [6.45, 7) is 0. The van der Waals surface area contributed by atoms with E-state index in [1.807, 2.05) is 121 Å². The second kappa shape index (κ2) is 20.1. The van der Waals surface area contributed by atoms with Gasteiger partial charge in [-0.25, -0.2) is 19.2 Å². The van der Waals surface area contributed by atoms with Gasteiger partial charge in [-0.1, -0.05) is 170 Å². The van der Waals surface area contributed by atoms with Crippen molar-refractivity contribution in [1.29, 1.82) is 0 Å². The third kappa shape index (κ3) is 10.2. The largest absolute Gasteiger partial charge is 0.478 e. The highest BCUT2D eigenvalue weighted by molar-refractivity contribution is 6.06. The van der Waals surface area contributed by atoms with Crippen molar-refractivity contribution in [1.82, 2.24) is 0 Å². The minimum absolute atomic E-state index is 0.204. The standard InChI is InChI=1S/2C28H20O4/c2*29-27(30)23-15-11-21(12-16-23)26(22-13-17-24(18-14-22)28(31)32)25(19-7-3-1-4-8-19)20-9-5-2-6-10-20/h2*1-18H,(H,29,30)(H,31,32). The van der Waals surface area contributed by atoms with E-state index in [0.717, 1.165) is 66.8 Å². The number of benzene rings is 8. The Bertz CT molecular complexity index is 2550. The van der Waals surface area contributed by atoms with Gasteiger partial charge >= 0.3 is 23.9 Å². The smallest absolute Gasteiger partial charge is 0.335 e. The summed E-state index contributed by atoms with van der Waals surface area (Å²) in [4.78, 5) is 45.5. The lowest BCUT2D eigenvalue weighted by atomic mass is 9.85. The van der Waals surface area contributed by atoms with Crippen LogP contribution in [-0.2, 0) is 0 Å². The van der Waals surface area contributed by atoms with E-state index in [1.54, 1.807) is 97.1 Å². The highest BCUT2D eigenvalue weighted by Gasteiger charge is 2.19. The van der Waals surface area contributed by atoms with Crippen molar-refractivity contribution < 1.29 is 39.6 Å². The van der Waals surface area contributed by atoms with E-state index in [1.165, 1.54) is 0 Å².